The molecule has 0 aromatic rings. The van der Waals surface area contributed by atoms with Gasteiger partial charge in [0.1, 0.15) is 13.2 Å². The van der Waals surface area contributed by atoms with E-state index < -0.39 is 6.10 Å². The fraction of sp³-hybridized carbons (Fsp3) is 0.924. The number of ether oxygens (including phenoxy) is 3. The molecule has 0 saturated carbocycles. The van der Waals surface area contributed by atoms with Gasteiger partial charge in [0, 0.05) is 19.3 Å². The first-order valence-electron chi connectivity index (χ1n) is 32.7. The molecule has 0 fully saturated rings. The fourth-order valence-corrected chi connectivity index (χ4v) is 10.1. The van der Waals surface area contributed by atoms with Crippen molar-refractivity contribution >= 4 is 17.9 Å². The molecule has 0 rings (SSSR count). The number of rotatable bonds is 61. The zero-order valence-corrected chi connectivity index (χ0v) is 49.0. The molecule has 0 N–H and O–H groups in total. The topological polar surface area (TPSA) is 78.9 Å². The highest BCUT2D eigenvalue weighted by molar-refractivity contribution is 5.71. The number of carbonyl (C=O) groups is 3. The minimum atomic E-state index is -0.766. The first-order chi connectivity index (χ1) is 35.5. The lowest BCUT2D eigenvalue weighted by molar-refractivity contribution is -0.167. The molecule has 1 atom stereocenters. The van der Waals surface area contributed by atoms with Crippen molar-refractivity contribution in [3.8, 4) is 0 Å². The molecule has 0 bridgehead atoms. The second-order valence-corrected chi connectivity index (χ2v) is 22.4. The predicted molar refractivity (Wildman–Crippen MR) is 312 cm³/mol. The van der Waals surface area contributed by atoms with E-state index in [2.05, 4.69) is 32.9 Å². The highest BCUT2D eigenvalue weighted by Crippen LogP contribution is 2.18. The Morgan fingerprint density at radius 3 is 0.694 bits per heavy atom. The molecule has 0 aliphatic rings. The van der Waals surface area contributed by atoms with Gasteiger partial charge in [-0.15, -0.1) is 0 Å². The summed E-state index contributed by atoms with van der Waals surface area (Å²) in [5.41, 5.74) is 0. The van der Waals surface area contributed by atoms with Crippen LogP contribution in [0.4, 0.5) is 0 Å². The van der Waals surface area contributed by atoms with E-state index in [9.17, 15) is 14.4 Å². The van der Waals surface area contributed by atoms with Crippen LogP contribution in [-0.4, -0.2) is 37.2 Å². The number of unbranched alkanes of at least 4 members (excludes halogenated alkanes) is 48. The van der Waals surface area contributed by atoms with Gasteiger partial charge in [-0.25, -0.2) is 0 Å². The number of hydrogen-bond acceptors (Lipinski definition) is 6. The lowest BCUT2D eigenvalue weighted by atomic mass is 10.0. The molecule has 0 spiro atoms. The van der Waals surface area contributed by atoms with Gasteiger partial charge < -0.3 is 14.2 Å². The molecule has 72 heavy (non-hydrogen) atoms. The Morgan fingerprint density at radius 1 is 0.264 bits per heavy atom. The Morgan fingerprint density at radius 2 is 0.458 bits per heavy atom. The molecule has 0 aliphatic carbocycles. The Balaban J connectivity index is 4.27. The summed E-state index contributed by atoms with van der Waals surface area (Å²) >= 11 is 0. The Labute approximate surface area is 450 Å². The summed E-state index contributed by atoms with van der Waals surface area (Å²) in [6.07, 6.45) is 72.2. The van der Waals surface area contributed by atoms with E-state index in [1.54, 1.807) is 0 Å². The van der Waals surface area contributed by atoms with Crippen LogP contribution in [-0.2, 0) is 28.6 Å². The number of allylic oxidation sites excluding steroid dienone is 2. The third-order valence-electron chi connectivity index (χ3n) is 15.0. The average molecular weight is 1020 g/mol. The minimum Gasteiger partial charge on any atom is -0.462 e. The maximum Gasteiger partial charge on any atom is 0.306 e. The van der Waals surface area contributed by atoms with Crippen LogP contribution in [0.25, 0.3) is 0 Å². The molecule has 0 aliphatic heterocycles. The van der Waals surface area contributed by atoms with E-state index in [1.165, 1.54) is 276 Å². The first kappa shape index (κ1) is 70.1. The van der Waals surface area contributed by atoms with Gasteiger partial charge >= 0.3 is 17.9 Å². The maximum absolute atomic E-state index is 12.9. The molecule has 0 amide bonds. The number of hydrogen-bond donors (Lipinski definition) is 0. The fourth-order valence-electron chi connectivity index (χ4n) is 10.1. The normalized spacial score (nSPS) is 12.0. The lowest BCUT2D eigenvalue weighted by Crippen LogP contribution is -2.30. The van der Waals surface area contributed by atoms with Crippen molar-refractivity contribution < 1.29 is 28.6 Å². The molecule has 0 heterocycles. The van der Waals surface area contributed by atoms with E-state index >= 15 is 0 Å². The summed E-state index contributed by atoms with van der Waals surface area (Å²) in [5.74, 6) is -0.834. The van der Waals surface area contributed by atoms with Crippen molar-refractivity contribution in [2.45, 2.75) is 380 Å². The van der Waals surface area contributed by atoms with Gasteiger partial charge in [0.25, 0.3) is 0 Å². The summed E-state index contributed by atoms with van der Waals surface area (Å²) in [7, 11) is 0. The molecule has 0 aromatic heterocycles. The quantitative estimate of drug-likeness (QED) is 0.0261. The molecule has 6 heteroatoms. The Bertz CT molecular complexity index is 1120. The Hall–Kier alpha value is -1.85. The number of carbonyl (C=O) groups excluding carboxylic acids is 3. The second-order valence-electron chi connectivity index (χ2n) is 22.4. The first-order valence-corrected chi connectivity index (χ1v) is 32.7. The van der Waals surface area contributed by atoms with E-state index in [-0.39, 0.29) is 31.1 Å². The average Bonchev–Trinajstić information content (AvgIpc) is 3.38. The van der Waals surface area contributed by atoms with Crippen LogP contribution in [0.2, 0.25) is 0 Å². The summed E-state index contributed by atoms with van der Waals surface area (Å²) in [5, 5.41) is 0. The van der Waals surface area contributed by atoms with Crippen molar-refractivity contribution in [3.63, 3.8) is 0 Å². The van der Waals surface area contributed by atoms with Crippen molar-refractivity contribution in [1.29, 1.82) is 0 Å². The van der Waals surface area contributed by atoms with Crippen molar-refractivity contribution in [2.75, 3.05) is 13.2 Å². The molecular weight excluding hydrogens is 889 g/mol. The highest BCUT2D eigenvalue weighted by Gasteiger charge is 2.19. The molecule has 0 saturated heterocycles. The summed E-state index contributed by atoms with van der Waals surface area (Å²) in [4.78, 5) is 38.3. The molecule has 0 radical (unpaired) electrons. The van der Waals surface area contributed by atoms with Crippen LogP contribution in [0.3, 0.4) is 0 Å². The van der Waals surface area contributed by atoms with Gasteiger partial charge in [0.2, 0.25) is 0 Å². The SMILES string of the molecule is CCCCCCCC/C=C\CCCCCCCCCCCC(=O)OC(COC(=O)CCCCCCCCCCCCCCCC)COC(=O)CCCCCCCCCCCCCCCCCCCCCCC. The smallest absolute Gasteiger partial charge is 0.306 e. The van der Waals surface area contributed by atoms with Crippen molar-refractivity contribution in [3.05, 3.63) is 12.2 Å². The zero-order valence-electron chi connectivity index (χ0n) is 49.0. The van der Waals surface area contributed by atoms with Gasteiger partial charge in [-0.2, -0.15) is 0 Å². The maximum atomic E-state index is 12.9. The van der Waals surface area contributed by atoms with Gasteiger partial charge in [-0.1, -0.05) is 322 Å². The lowest BCUT2D eigenvalue weighted by Gasteiger charge is -2.18. The largest absolute Gasteiger partial charge is 0.462 e. The predicted octanol–water partition coefficient (Wildman–Crippen LogP) is 22.1. The zero-order chi connectivity index (χ0) is 52.2. The van der Waals surface area contributed by atoms with Gasteiger partial charge in [0.15, 0.2) is 6.10 Å². The number of esters is 3. The van der Waals surface area contributed by atoms with Crippen LogP contribution in [0.5, 0.6) is 0 Å². The standard InChI is InChI=1S/C66H126O6/c1-4-7-10-13-16-19-22-25-28-30-32-33-35-36-38-41-44-47-50-53-56-59-65(68)71-62-63(61-70-64(67)58-55-52-49-46-43-40-27-24-21-18-15-12-9-6-3)72-66(69)60-57-54-51-48-45-42-39-37-34-31-29-26-23-20-17-14-11-8-5-2/h26,29,63H,4-25,27-28,30-62H2,1-3H3/b29-26-. The van der Waals surface area contributed by atoms with E-state index in [0.29, 0.717) is 19.3 Å². The van der Waals surface area contributed by atoms with Crippen LogP contribution >= 0.6 is 0 Å². The van der Waals surface area contributed by atoms with Crippen molar-refractivity contribution in [1.82, 2.24) is 0 Å². The van der Waals surface area contributed by atoms with E-state index in [4.69, 9.17) is 14.2 Å². The van der Waals surface area contributed by atoms with Crippen LogP contribution in [0.15, 0.2) is 12.2 Å². The second kappa shape index (κ2) is 61.7. The van der Waals surface area contributed by atoms with Gasteiger partial charge in [-0.3, -0.25) is 14.4 Å². The minimum absolute atomic E-state index is 0.0640. The van der Waals surface area contributed by atoms with E-state index in [0.717, 1.165) is 57.8 Å². The summed E-state index contributed by atoms with van der Waals surface area (Å²) in [6, 6.07) is 0. The van der Waals surface area contributed by atoms with Crippen molar-refractivity contribution in [2.24, 2.45) is 0 Å². The molecular formula is C66H126O6. The monoisotopic (exact) mass is 1010 g/mol. The van der Waals surface area contributed by atoms with E-state index in [1.807, 2.05) is 0 Å². The van der Waals surface area contributed by atoms with Crippen LogP contribution in [0.1, 0.15) is 374 Å². The molecule has 426 valence electrons. The summed E-state index contributed by atoms with van der Waals surface area (Å²) in [6.45, 7) is 6.71. The van der Waals surface area contributed by atoms with Crippen LogP contribution < -0.4 is 0 Å². The summed E-state index contributed by atoms with van der Waals surface area (Å²) < 4.78 is 17.0. The Kier molecular flexibility index (Phi) is 60.1. The van der Waals surface area contributed by atoms with Gasteiger partial charge in [-0.05, 0) is 44.9 Å². The molecule has 6 nitrogen and oxygen atoms in total. The van der Waals surface area contributed by atoms with Crippen LogP contribution in [0, 0.1) is 0 Å². The third-order valence-corrected chi connectivity index (χ3v) is 15.0. The van der Waals surface area contributed by atoms with Gasteiger partial charge in [0.05, 0.1) is 0 Å². The molecule has 0 aromatic carbocycles. The third kappa shape index (κ3) is 59.0. The molecule has 1 unspecified atom stereocenters. The highest BCUT2D eigenvalue weighted by atomic mass is 16.6.